The van der Waals surface area contributed by atoms with E-state index < -0.39 is 0 Å². The molecule has 2 heterocycles. The summed E-state index contributed by atoms with van der Waals surface area (Å²) in [7, 11) is 0. The molecule has 0 unspecified atom stereocenters. The van der Waals surface area contributed by atoms with Crippen LogP contribution in [0.5, 0.6) is 0 Å². The maximum Gasteiger partial charge on any atom is 0.234 e. The summed E-state index contributed by atoms with van der Waals surface area (Å²) in [5.41, 5.74) is 0. The molecule has 1 aliphatic carbocycles. The molecule has 1 aromatic rings. The van der Waals surface area contributed by atoms with Gasteiger partial charge in [0.1, 0.15) is 5.76 Å². The number of hydrogen-bond acceptors (Lipinski definition) is 4. The van der Waals surface area contributed by atoms with Crippen molar-refractivity contribution >= 4 is 11.9 Å². The van der Waals surface area contributed by atoms with E-state index in [0.29, 0.717) is 18.5 Å². The van der Waals surface area contributed by atoms with Gasteiger partial charge in [0.05, 0.1) is 12.8 Å². The van der Waals surface area contributed by atoms with E-state index in [9.17, 15) is 4.79 Å². The minimum Gasteiger partial charge on any atom is -0.469 e. The van der Waals surface area contributed by atoms with Crippen molar-refractivity contribution in [1.82, 2.24) is 20.4 Å². The van der Waals surface area contributed by atoms with Gasteiger partial charge in [0.15, 0.2) is 5.96 Å². The summed E-state index contributed by atoms with van der Waals surface area (Å²) in [5.74, 6) is 2.64. The molecule has 0 aromatic carbocycles. The van der Waals surface area contributed by atoms with Crippen LogP contribution >= 0.6 is 0 Å². The van der Waals surface area contributed by atoms with E-state index in [-0.39, 0.29) is 5.91 Å². The van der Waals surface area contributed by atoms with Crippen LogP contribution < -0.4 is 10.6 Å². The van der Waals surface area contributed by atoms with E-state index in [4.69, 9.17) is 9.41 Å². The Labute approximate surface area is 162 Å². The fourth-order valence-electron chi connectivity index (χ4n) is 3.11. The lowest BCUT2D eigenvalue weighted by Crippen LogP contribution is -2.54. The van der Waals surface area contributed by atoms with Crippen molar-refractivity contribution in [1.29, 1.82) is 0 Å². The second kappa shape index (κ2) is 9.78. The number of hydrogen-bond donors (Lipinski definition) is 2. The highest BCUT2D eigenvalue weighted by atomic mass is 16.3. The van der Waals surface area contributed by atoms with Crippen LogP contribution in [0.2, 0.25) is 0 Å². The predicted molar refractivity (Wildman–Crippen MR) is 107 cm³/mol. The second-order valence-corrected chi connectivity index (χ2v) is 7.92. The zero-order valence-corrected chi connectivity index (χ0v) is 16.6. The quantitative estimate of drug-likeness (QED) is 0.530. The predicted octanol–water partition coefficient (Wildman–Crippen LogP) is 1.32. The van der Waals surface area contributed by atoms with E-state index in [1.807, 2.05) is 12.1 Å². The van der Waals surface area contributed by atoms with Crippen molar-refractivity contribution in [3.63, 3.8) is 0 Å². The highest BCUT2D eigenvalue weighted by Crippen LogP contribution is 2.18. The van der Waals surface area contributed by atoms with Gasteiger partial charge in [-0.3, -0.25) is 14.7 Å². The number of aliphatic imine (C=N–C) groups is 1. The van der Waals surface area contributed by atoms with Gasteiger partial charge in [-0.05, 0) is 30.9 Å². The summed E-state index contributed by atoms with van der Waals surface area (Å²) >= 11 is 0. The van der Waals surface area contributed by atoms with E-state index in [2.05, 4.69) is 34.3 Å². The largest absolute Gasteiger partial charge is 0.469 e. The zero-order valence-electron chi connectivity index (χ0n) is 16.6. The standard InChI is InChI=1S/C20H33N5O2/c1-16(2)14-22-20(21-8-7-18-4-3-13-27-18)25-11-9-24(10-12-25)15-19(26)23-17-5-6-17/h3-4,13,16-17H,5-12,14-15H2,1-2H3,(H,21,22)(H,23,26). The van der Waals surface area contributed by atoms with Crippen LogP contribution in [0.3, 0.4) is 0 Å². The minimum absolute atomic E-state index is 0.163. The van der Waals surface area contributed by atoms with Gasteiger partial charge in [-0.1, -0.05) is 13.8 Å². The van der Waals surface area contributed by atoms with E-state index in [1.54, 1.807) is 6.26 Å². The molecule has 7 heteroatoms. The van der Waals surface area contributed by atoms with Crippen LogP contribution in [0.15, 0.2) is 27.8 Å². The van der Waals surface area contributed by atoms with Crippen molar-refractivity contribution in [2.45, 2.75) is 39.2 Å². The van der Waals surface area contributed by atoms with Crippen molar-refractivity contribution in [3.05, 3.63) is 24.2 Å². The summed E-state index contributed by atoms with van der Waals surface area (Å²) in [6.07, 6.45) is 4.83. The number of carbonyl (C=O) groups is 1. The van der Waals surface area contributed by atoms with Crippen LogP contribution in [0, 0.1) is 5.92 Å². The molecular weight excluding hydrogens is 342 g/mol. The third kappa shape index (κ3) is 6.90. The number of furan rings is 1. The van der Waals surface area contributed by atoms with E-state index >= 15 is 0 Å². The molecule has 0 radical (unpaired) electrons. The number of rotatable bonds is 8. The molecular formula is C20H33N5O2. The second-order valence-electron chi connectivity index (χ2n) is 7.92. The van der Waals surface area contributed by atoms with Crippen molar-refractivity contribution in [3.8, 4) is 0 Å². The smallest absolute Gasteiger partial charge is 0.234 e. The van der Waals surface area contributed by atoms with Gasteiger partial charge in [0.2, 0.25) is 5.91 Å². The maximum atomic E-state index is 12.0. The van der Waals surface area contributed by atoms with Gasteiger partial charge >= 0.3 is 0 Å². The average molecular weight is 376 g/mol. The minimum atomic E-state index is 0.163. The summed E-state index contributed by atoms with van der Waals surface area (Å²) in [4.78, 5) is 21.3. The molecule has 0 atom stereocenters. The Balaban J connectivity index is 1.45. The fourth-order valence-corrected chi connectivity index (χ4v) is 3.11. The molecule has 1 aromatic heterocycles. The molecule has 1 aliphatic heterocycles. The number of amides is 1. The number of guanidine groups is 1. The van der Waals surface area contributed by atoms with Crippen LogP contribution in [-0.2, 0) is 11.2 Å². The van der Waals surface area contributed by atoms with Gasteiger partial charge in [-0.2, -0.15) is 0 Å². The first-order valence-electron chi connectivity index (χ1n) is 10.2. The Hall–Kier alpha value is -2.02. The molecule has 3 rings (SSSR count). The molecule has 2 N–H and O–H groups in total. The lowest BCUT2D eigenvalue weighted by molar-refractivity contribution is -0.122. The average Bonchev–Trinajstić information content (AvgIpc) is 3.29. The van der Waals surface area contributed by atoms with Gasteiger partial charge in [0.25, 0.3) is 0 Å². The molecule has 0 bridgehead atoms. The molecule has 0 spiro atoms. The molecule has 27 heavy (non-hydrogen) atoms. The summed E-state index contributed by atoms with van der Waals surface area (Å²) in [6, 6.07) is 4.35. The first kappa shape index (κ1) is 19.7. The first-order valence-corrected chi connectivity index (χ1v) is 10.2. The number of piperazine rings is 1. The topological polar surface area (TPSA) is 73.1 Å². The Kier molecular flexibility index (Phi) is 7.15. The normalized spacial score (nSPS) is 18.8. The Morgan fingerprint density at radius 3 is 2.70 bits per heavy atom. The van der Waals surface area contributed by atoms with Crippen molar-refractivity contribution < 1.29 is 9.21 Å². The molecule has 2 fully saturated rings. The monoisotopic (exact) mass is 375 g/mol. The molecule has 1 amide bonds. The third-order valence-corrected chi connectivity index (χ3v) is 4.82. The molecule has 1 saturated heterocycles. The Morgan fingerprint density at radius 1 is 1.30 bits per heavy atom. The van der Waals surface area contributed by atoms with E-state index in [1.165, 1.54) is 0 Å². The van der Waals surface area contributed by atoms with Crippen LogP contribution in [0.25, 0.3) is 0 Å². The highest BCUT2D eigenvalue weighted by Gasteiger charge is 2.26. The Morgan fingerprint density at radius 2 is 2.07 bits per heavy atom. The first-order chi connectivity index (χ1) is 13.1. The van der Waals surface area contributed by atoms with Gasteiger partial charge in [-0.25, -0.2) is 0 Å². The lowest BCUT2D eigenvalue weighted by atomic mass is 10.2. The summed E-state index contributed by atoms with van der Waals surface area (Å²) in [5, 5.41) is 6.56. The van der Waals surface area contributed by atoms with Gasteiger partial charge in [0, 0.05) is 51.7 Å². The van der Waals surface area contributed by atoms with E-state index in [0.717, 1.165) is 70.3 Å². The SMILES string of the molecule is CC(C)CN=C(NCCc1ccco1)N1CCN(CC(=O)NC2CC2)CC1. The summed E-state index contributed by atoms with van der Waals surface area (Å²) in [6.45, 7) is 10.0. The molecule has 2 aliphatic rings. The molecule has 1 saturated carbocycles. The van der Waals surface area contributed by atoms with Crippen LogP contribution in [-0.4, -0.2) is 73.5 Å². The van der Waals surface area contributed by atoms with Gasteiger partial charge < -0.3 is 20.0 Å². The molecule has 150 valence electrons. The zero-order chi connectivity index (χ0) is 19.1. The van der Waals surface area contributed by atoms with Crippen molar-refractivity contribution in [2.24, 2.45) is 10.9 Å². The van der Waals surface area contributed by atoms with Crippen molar-refractivity contribution in [2.75, 3.05) is 45.8 Å². The highest BCUT2D eigenvalue weighted by molar-refractivity contribution is 5.80. The van der Waals surface area contributed by atoms with Crippen LogP contribution in [0.1, 0.15) is 32.4 Å². The molecule has 7 nitrogen and oxygen atoms in total. The van der Waals surface area contributed by atoms with Crippen LogP contribution in [0.4, 0.5) is 0 Å². The number of nitrogens with zero attached hydrogens (tertiary/aromatic N) is 3. The maximum absolute atomic E-state index is 12.0. The third-order valence-electron chi connectivity index (χ3n) is 4.82. The summed E-state index contributed by atoms with van der Waals surface area (Å²) < 4.78 is 5.40. The fraction of sp³-hybridized carbons (Fsp3) is 0.700. The Bertz CT molecular complexity index is 602. The number of carbonyl (C=O) groups excluding carboxylic acids is 1. The number of nitrogens with one attached hydrogen (secondary N) is 2. The van der Waals surface area contributed by atoms with Gasteiger partial charge in [-0.15, -0.1) is 0 Å². The lowest BCUT2D eigenvalue weighted by Gasteiger charge is -2.36.